The number of aryl methyl sites for hydroxylation is 2. The zero-order valence-corrected chi connectivity index (χ0v) is 13.4. The number of rotatable bonds is 3. The van der Waals surface area contributed by atoms with E-state index in [4.69, 9.17) is 0 Å². The van der Waals surface area contributed by atoms with E-state index in [2.05, 4.69) is 21.2 Å². The van der Waals surface area contributed by atoms with Crippen molar-refractivity contribution in [2.45, 2.75) is 13.8 Å². The molecule has 0 bridgehead atoms. The van der Waals surface area contributed by atoms with Gasteiger partial charge in [0.05, 0.1) is 10.5 Å². The van der Waals surface area contributed by atoms with Gasteiger partial charge >= 0.3 is 5.69 Å². The molecule has 0 unspecified atom stereocenters. The second-order valence-corrected chi connectivity index (χ2v) is 5.68. The molecule has 0 fully saturated rings. The van der Waals surface area contributed by atoms with Crippen LogP contribution in [-0.4, -0.2) is 10.8 Å². The van der Waals surface area contributed by atoms with Crippen molar-refractivity contribution in [3.8, 4) is 0 Å². The molecular formula is C15H12BrFN2O3. The van der Waals surface area contributed by atoms with Gasteiger partial charge in [-0.25, -0.2) is 0 Å². The van der Waals surface area contributed by atoms with E-state index in [9.17, 15) is 19.3 Å². The Balaban J connectivity index is 2.39. The Bertz CT molecular complexity index is 754. The van der Waals surface area contributed by atoms with E-state index in [0.717, 1.165) is 21.7 Å². The van der Waals surface area contributed by atoms with Crippen molar-refractivity contribution in [3.63, 3.8) is 0 Å². The Morgan fingerprint density at radius 2 is 1.86 bits per heavy atom. The molecule has 0 atom stereocenters. The molecule has 2 aromatic carbocycles. The molecule has 0 aliphatic rings. The summed E-state index contributed by atoms with van der Waals surface area (Å²) in [4.78, 5) is 22.1. The van der Waals surface area contributed by atoms with Gasteiger partial charge in [-0.3, -0.25) is 14.9 Å². The fraction of sp³-hybridized carbons (Fsp3) is 0.133. The number of benzene rings is 2. The minimum Gasteiger partial charge on any atom is -0.321 e. The average Bonchev–Trinajstić information content (AvgIpc) is 2.42. The van der Waals surface area contributed by atoms with Gasteiger partial charge in [-0.2, -0.15) is 4.39 Å². The maximum absolute atomic E-state index is 14.0. The number of halogens is 2. The maximum Gasteiger partial charge on any atom is 0.305 e. The highest BCUT2D eigenvalue weighted by atomic mass is 79.9. The van der Waals surface area contributed by atoms with Gasteiger partial charge in [0.15, 0.2) is 0 Å². The van der Waals surface area contributed by atoms with Gasteiger partial charge < -0.3 is 5.32 Å². The molecule has 22 heavy (non-hydrogen) atoms. The number of hydrogen-bond acceptors (Lipinski definition) is 3. The number of amides is 1. The summed E-state index contributed by atoms with van der Waals surface area (Å²) in [6, 6.07) is 7.12. The first kappa shape index (κ1) is 16.1. The van der Waals surface area contributed by atoms with Crippen LogP contribution in [0.25, 0.3) is 0 Å². The Morgan fingerprint density at radius 1 is 1.27 bits per heavy atom. The van der Waals surface area contributed by atoms with Crippen molar-refractivity contribution >= 4 is 33.2 Å². The second-order valence-electron chi connectivity index (χ2n) is 4.76. The molecule has 0 aliphatic carbocycles. The lowest BCUT2D eigenvalue weighted by Gasteiger charge is -2.12. The van der Waals surface area contributed by atoms with Crippen LogP contribution in [0.2, 0.25) is 0 Å². The van der Waals surface area contributed by atoms with Crippen LogP contribution in [0.1, 0.15) is 21.5 Å². The molecule has 0 aromatic heterocycles. The molecule has 1 amide bonds. The lowest BCUT2D eigenvalue weighted by atomic mass is 10.1. The third-order valence-corrected chi connectivity index (χ3v) is 3.61. The van der Waals surface area contributed by atoms with Crippen molar-refractivity contribution in [2.24, 2.45) is 0 Å². The first-order valence-electron chi connectivity index (χ1n) is 6.32. The molecule has 2 rings (SSSR count). The number of anilines is 1. The predicted octanol–water partition coefficient (Wildman–Crippen LogP) is 4.37. The Morgan fingerprint density at radius 3 is 2.41 bits per heavy atom. The van der Waals surface area contributed by atoms with Gasteiger partial charge in [0.2, 0.25) is 5.82 Å². The lowest BCUT2D eigenvalue weighted by Crippen LogP contribution is -2.16. The van der Waals surface area contributed by atoms with Gasteiger partial charge in [-0.15, -0.1) is 0 Å². The highest BCUT2D eigenvalue weighted by Gasteiger charge is 2.22. The van der Waals surface area contributed by atoms with Gasteiger partial charge in [0.25, 0.3) is 5.91 Å². The Labute approximate surface area is 134 Å². The fourth-order valence-electron chi connectivity index (χ4n) is 2.12. The molecule has 114 valence electrons. The molecule has 0 spiro atoms. The lowest BCUT2D eigenvalue weighted by molar-refractivity contribution is -0.387. The third kappa shape index (κ3) is 3.14. The zero-order chi connectivity index (χ0) is 16.4. The summed E-state index contributed by atoms with van der Waals surface area (Å²) in [5.41, 5.74) is 1.06. The van der Waals surface area contributed by atoms with Crippen LogP contribution in [0.3, 0.4) is 0 Å². The third-order valence-electron chi connectivity index (χ3n) is 3.16. The van der Waals surface area contributed by atoms with Gasteiger partial charge in [-0.05, 0) is 43.2 Å². The van der Waals surface area contributed by atoms with Crippen LogP contribution in [-0.2, 0) is 0 Å². The van der Waals surface area contributed by atoms with Crippen LogP contribution >= 0.6 is 15.9 Å². The topological polar surface area (TPSA) is 72.2 Å². The Kier molecular flexibility index (Phi) is 4.56. The molecule has 1 N–H and O–H groups in total. The SMILES string of the molecule is Cc1cc(Br)cc(C)c1NC(=O)c1cccc([N+](=O)[O-])c1F. The van der Waals surface area contributed by atoms with Crippen molar-refractivity contribution < 1.29 is 14.1 Å². The van der Waals surface area contributed by atoms with E-state index >= 15 is 0 Å². The Hall–Kier alpha value is -2.28. The normalized spacial score (nSPS) is 10.4. The first-order valence-corrected chi connectivity index (χ1v) is 7.11. The molecule has 2 aromatic rings. The highest BCUT2D eigenvalue weighted by Crippen LogP contribution is 2.27. The maximum atomic E-state index is 14.0. The molecule has 0 radical (unpaired) electrons. The summed E-state index contributed by atoms with van der Waals surface area (Å²) in [7, 11) is 0. The molecule has 0 heterocycles. The summed E-state index contributed by atoms with van der Waals surface area (Å²) in [6.07, 6.45) is 0. The van der Waals surface area contributed by atoms with E-state index < -0.39 is 22.3 Å². The summed E-state index contributed by atoms with van der Waals surface area (Å²) in [5, 5.41) is 13.3. The van der Waals surface area contributed by atoms with E-state index in [1.54, 1.807) is 13.8 Å². The van der Waals surface area contributed by atoms with Crippen molar-refractivity contribution in [2.75, 3.05) is 5.32 Å². The number of carbonyl (C=O) groups is 1. The van der Waals surface area contributed by atoms with E-state index in [0.29, 0.717) is 5.69 Å². The van der Waals surface area contributed by atoms with Crippen LogP contribution in [0.15, 0.2) is 34.8 Å². The molecule has 0 saturated heterocycles. The van der Waals surface area contributed by atoms with Crippen LogP contribution in [0.5, 0.6) is 0 Å². The summed E-state index contributed by atoms with van der Waals surface area (Å²) in [5.74, 6) is -1.87. The molecule has 0 aliphatic heterocycles. The van der Waals surface area contributed by atoms with Crippen LogP contribution in [0.4, 0.5) is 15.8 Å². The minimum atomic E-state index is -1.14. The van der Waals surface area contributed by atoms with E-state index in [-0.39, 0.29) is 5.56 Å². The fourth-order valence-corrected chi connectivity index (χ4v) is 2.81. The van der Waals surface area contributed by atoms with Crippen LogP contribution < -0.4 is 5.32 Å². The molecule has 7 heteroatoms. The standard InChI is InChI=1S/C15H12BrFN2O3/c1-8-6-10(16)7-9(2)14(8)18-15(20)11-4-3-5-12(13(11)17)19(21)22/h3-7H,1-2H3,(H,18,20). The van der Waals surface area contributed by atoms with Gasteiger partial charge in [0.1, 0.15) is 0 Å². The van der Waals surface area contributed by atoms with Crippen molar-refractivity contribution in [1.29, 1.82) is 0 Å². The molecular weight excluding hydrogens is 355 g/mol. The van der Waals surface area contributed by atoms with Crippen molar-refractivity contribution in [1.82, 2.24) is 0 Å². The second kappa shape index (κ2) is 6.23. The smallest absolute Gasteiger partial charge is 0.305 e. The molecule has 5 nitrogen and oxygen atoms in total. The number of carbonyl (C=O) groups excluding carboxylic acids is 1. The summed E-state index contributed by atoms with van der Waals surface area (Å²) in [6.45, 7) is 3.61. The predicted molar refractivity (Wildman–Crippen MR) is 84.6 cm³/mol. The zero-order valence-electron chi connectivity index (χ0n) is 11.8. The minimum absolute atomic E-state index is 0.365. The largest absolute Gasteiger partial charge is 0.321 e. The number of nitro groups is 1. The number of hydrogen-bond donors (Lipinski definition) is 1. The van der Waals surface area contributed by atoms with E-state index in [1.165, 1.54) is 12.1 Å². The molecule has 0 saturated carbocycles. The summed E-state index contributed by atoms with van der Waals surface area (Å²) >= 11 is 3.35. The van der Waals surface area contributed by atoms with Gasteiger partial charge in [0, 0.05) is 16.2 Å². The summed E-state index contributed by atoms with van der Waals surface area (Å²) < 4.78 is 14.9. The quantitative estimate of drug-likeness (QED) is 0.647. The van der Waals surface area contributed by atoms with Gasteiger partial charge in [-0.1, -0.05) is 22.0 Å². The number of nitrogens with one attached hydrogen (secondary N) is 1. The number of nitrogens with zero attached hydrogens (tertiary/aromatic N) is 1. The van der Waals surface area contributed by atoms with E-state index in [1.807, 2.05) is 12.1 Å². The number of nitro benzene ring substituents is 1. The highest BCUT2D eigenvalue weighted by molar-refractivity contribution is 9.10. The first-order chi connectivity index (χ1) is 10.3. The average molecular weight is 367 g/mol. The monoisotopic (exact) mass is 366 g/mol. The van der Waals surface area contributed by atoms with Crippen molar-refractivity contribution in [3.05, 3.63) is 67.4 Å². The van der Waals surface area contributed by atoms with Crippen LogP contribution in [0, 0.1) is 29.8 Å².